The molecule has 104 heavy (non-hydrogen) atoms. The molecule has 14 aromatic carbocycles. The van der Waals surface area contributed by atoms with Gasteiger partial charge in [-0.15, -0.1) is 0 Å². The van der Waals surface area contributed by atoms with Crippen molar-refractivity contribution >= 4 is 55.9 Å². The first kappa shape index (κ1) is 59.9. The van der Waals surface area contributed by atoms with E-state index in [0.717, 1.165) is 157 Å². The highest BCUT2D eigenvalue weighted by molar-refractivity contribution is 6.15. The maximum absolute atomic E-state index is 5.49. The fourth-order valence-corrected chi connectivity index (χ4v) is 15.8. The molecule has 2 aliphatic heterocycles. The van der Waals surface area contributed by atoms with Crippen LogP contribution in [-0.2, 0) is 0 Å². The lowest BCUT2D eigenvalue weighted by Crippen LogP contribution is -2.11. The van der Waals surface area contributed by atoms with Gasteiger partial charge >= 0.3 is 0 Å². The van der Waals surface area contributed by atoms with E-state index < -0.39 is 0 Å². The second kappa shape index (κ2) is 25.0. The number of fused-ring (bicyclic) bond motifs is 14. The first-order valence-electron chi connectivity index (χ1n) is 35.3. The van der Waals surface area contributed by atoms with Crippen molar-refractivity contribution in [2.75, 3.05) is 9.80 Å². The summed E-state index contributed by atoms with van der Waals surface area (Å²) in [6, 6.07) is 134. The Balaban J connectivity index is 0.674. The molecular weight excluding hydrogens is 1270 g/mol. The van der Waals surface area contributed by atoms with E-state index in [0.29, 0.717) is 11.6 Å². The molecule has 0 radical (unpaired) electrons. The van der Waals surface area contributed by atoms with Crippen molar-refractivity contribution < 1.29 is 0 Å². The molecule has 0 amide bonds. The Morgan fingerprint density at radius 3 is 1.00 bits per heavy atom. The Morgan fingerprint density at radius 2 is 0.510 bits per heavy atom. The molecule has 0 spiro atoms. The third-order valence-corrected chi connectivity index (χ3v) is 20.4. The first-order chi connectivity index (χ1) is 51.6. The number of hydrogen-bond donors (Lipinski definition) is 0. The molecule has 0 saturated carbocycles. The molecule has 0 N–H and O–H groups in total. The minimum absolute atomic E-state index is 0.641. The molecule has 18 aromatic rings. The highest BCUT2D eigenvalue weighted by Crippen LogP contribution is 2.57. The largest absolute Gasteiger partial charge is 0.309 e. The molecule has 2 aliphatic rings. The fraction of sp³-hybridized carbons (Fsp3) is 0. The van der Waals surface area contributed by atoms with Gasteiger partial charge in [-0.05, 0) is 108 Å². The van der Waals surface area contributed by atoms with Gasteiger partial charge in [0.15, 0.2) is 11.6 Å². The number of rotatable bonds is 11. The van der Waals surface area contributed by atoms with Gasteiger partial charge in [0.2, 0.25) is 0 Å². The molecule has 0 aliphatic carbocycles. The molecular formula is C96H62N8. The quantitative estimate of drug-likeness (QED) is 0.129. The van der Waals surface area contributed by atoms with Crippen LogP contribution in [0.3, 0.4) is 0 Å². The maximum atomic E-state index is 5.49. The number of aromatic nitrogens is 6. The zero-order valence-corrected chi connectivity index (χ0v) is 56.4. The maximum Gasteiger partial charge on any atom is 0.160 e. The van der Waals surface area contributed by atoms with Crippen molar-refractivity contribution in [1.29, 1.82) is 0 Å². The Morgan fingerprint density at radius 1 is 0.192 bits per heavy atom. The minimum atomic E-state index is 0.641. The predicted octanol–water partition coefficient (Wildman–Crippen LogP) is 25.1. The van der Waals surface area contributed by atoms with Crippen LogP contribution < -0.4 is 9.80 Å². The van der Waals surface area contributed by atoms with Crippen LogP contribution in [0.1, 0.15) is 0 Å². The van der Waals surface area contributed by atoms with E-state index >= 15 is 0 Å². The molecule has 0 bridgehead atoms. The summed E-state index contributed by atoms with van der Waals surface area (Å²) in [6.45, 7) is 0. The summed E-state index contributed by atoms with van der Waals surface area (Å²) in [7, 11) is 0. The molecule has 486 valence electrons. The van der Waals surface area contributed by atoms with Crippen molar-refractivity contribution in [2.45, 2.75) is 0 Å². The van der Waals surface area contributed by atoms with Gasteiger partial charge in [0.05, 0.1) is 67.9 Å². The number of benzene rings is 14. The summed E-state index contributed by atoms with van der Waals surface area (Å²) in [5.41, 5.74) is 31.4. The average molecular weight is 1330 g/mol. The van der Waals surface area contributed by atoms with Crippen LogP contribution in [0.2, 0.25) is 0 Å². The van der Waals surface area contributed by atoms with Gasteiger partial charge in [-0.3, -0.25) is 0 Å². The van der Waals surface area contributed by atoms with E-state index in [1.54, 1.807) is 0 Å². The summed E-state index contributed by atoms with van der Waals surface area (Å²) in [5.74, 6) is 1.30. The molecule has 6 heterocycles. The SMILES string of the molecule is c1ccc(-c2cc(-c3cccc(-n4c5c(c6ccccc64)-c4ccccc4N(c4ccccc4)c4ccccc4-5)c3)nc(-c3ccc(-c4cccc(N5c6ccccc6-c6c(n(-c7cccc(-c8nc(-c9ccccc9)cc(-c9ccccc9)n8)c7)c7ccccc67)-c6ccccc65)c4)cc3)n2)cc1. The molecule has 4 aromatic heterocycles. The zero-order chi connectivity index (χ0) is 68.6. The second-order valence-corrected chi connectivity index (χ2v) is 26.5. The number of nitrogens with zero attached hydrogens (tertiary/aromatic N) is 8. The van der Waals surface area contributed by atoms with E-state index in [2.05, 4.69) is 383 Å². The summed E-state index contributed by atoms with van der Waals surface area (Å²) in [6.07, 6.45) is 0. The van der Waals surface area contributed by atoms with Crippen LogP contribution in [0.15, 0.2) is 376 Å². The lowest BCUT2D eigenvalue weighted by atomic mass is 9.98. The molecule has 8 heteroatoms. The Bertz CT molecular complexity index is 6300. The average Bonchev–Trinajstić information content (AvgIpc) is 1.60. The highest BCUT2D eigenvalue weighted by Gasteiger charge is 2.34. The highest BCUT2D eigenvalue weighted by atomic mass is 15.2. The van der Waals surface area contributed by atoms with Crippen LogP contribution in [0.5, 0.6) is 0 Å². The summed E-state index contributed by atoms with van der Waals surface area (Å²) in [5, 5.41) is 2.34. The van der Waals surface area contributed by atoms with Gasteiger partial charge in [0.25, 0.3) is 0 Å². The van der Waals surface area contributed by atoms with Gasteiger partial charge in [-0.2, -0.15) is 0 Å². The Labute approximate surface area is 602 Å². The summed E-state index contributed by atoms with van der Waals surface area (Å²) < 4.78 is 4.90. The van der Waals surface area contributed by atoms with Gasteiger partial charge in [-0.25, -0.2) is 19.9 Å². The predicted molar refractivity (Wildman–Crippen MR) is 428 cm³/mol. The Kier molecular flexibility index (Phi) is 14.4. The number of para-hydroxylation sites is 7. The number of hydrogen-bond acceptors (Lipinski definition) is 6. The van der Waals surface area contributed by atoms with Crippen molar-refractivity contribution in [3.63, 3.8) is 0 Å². The molecule has 0 atom stereocenters. The fourth-order valence-electron chi connectivity index (χ4n) is 15.8. The van der Waals surface area contributed by atoms with Crippen molar-refractivity contribution in [3.05, 3.63) is 376 Å². The van der Waals surface area contributed by atoms with E-state index in [1.165, 1.54) is 22.1 Å². The van der Waals surface area contributed by atoms with Crippen LogP contribution in [0.25, 0.3) is 157 Å². The molecule has 0 fully saturated rings. The Hall–Kier alpha value is -14.1. The van der Waals surface area contributed by atoms with E-state index in [9.17, 15) is 0 Å². The first-order valence-corrected chi connectivity index (χ1v) is 35.3. The van der Waals surface area contributed by atoms with Gasteiger partial charge in [0.1, 0.15) is 0 Å². The lowest BCUT2D eigenvalue weighted by molar-refractivity contribution is 1.13. The monoisotopic (exact) mass is 1330 g/mol. The zero-order valence-electron chi connectivity index (χ0n) is 56.4. The third kappa shape index (κ3) is 10.1. The standard InChI is InChI=1S/C96H62N8/c1-5-28-64(29-6-1)81-61-82(65-30-7-2-8-31-65)99-96(98-81)70-36-27-41-74(60-70)104-88-51-22-16-45-78(88)92-76-43-14-20-49-86(76)102(90-53-24-18-47-80(90)94(92)104)72-39-25-34-68(58-72)63-54-56-67(57-55-63)95-97-83(66-32-9-3-10-33-66)62-84(100-95)69-35-26-40-73(59-69)103-87-50-21-15-44-77(87)91-75-42-13-19-48-85(75)101(71-37-11-4-12-38-71)89-52-23-17-46-79(89)93(91)103/h1-62H. The van der Waals surface area contributed by atoms with E-state index in [-0.39, 0.29) is 0 Å². The van der Waals surface area contributed by atoms with Crippen molar-refractivity contribution in [1.82, 2.24) is 29.1 Å². The molecule has 0 unspecified atom stereocenters. The topological polar surface area (TPSA) is 67.9 Å². The smallest absolute Gasteiger partial charge is 0.160 e. The molecule has 20 rings (SSSR count). The second-order valence-electron chi connectivity index (χ2n) is 26.5. The van der Waals surface area contributed by atoms with Crippen molar-refractivity contribution in [3.8, 4) is 135 Å². The van der Waals surface area contributed by atoms with Crippen LogP contribution in [0.4, 0.5) is 34.1 Å². The van der Waals surface area contributed by atoms with E-state index in [1.807, 2.05) is 12.1 Å². The van der Waals surface area contributed by atoms with Crippen LogP contribution >= 0.6 is 0 Å². The molecule has 0 saturated heterocycles. The summed E-state index contributed by atoms with van der Waals surface area (Å²) in [4.78, 5) is 26.3. The number of anilines is 6. The van der Waals surface area contributed by atoms with Crippen LogP contribution in [0, 0.1) is 0 Å². The third-order valence-electron chi connectivity index (χ3n) is 20.4. The molecule has 8 nitrogen and oxygen atoms in total. The minimum Gasteiger partial charge on any atom is -0.309 e. The van der Waals surface area contributed by atoms with Gasteiger partial charge < -0.3 is 18.9 Å². The van der Waals surface area contributed by atoms with Gasteiger partial charge in [0, 0.05) is 100 Å². The van der Waals surface area contributed by atoms with Crippen molar-refractivity contribution in [2.24, 2.45) is 0 Å². The summed E-state index contributed by atoms with van der Waals surface area (Å²) >= 11 is 0. The lowest BCUT2D eigenvalue weighted by Gasteiger charge is -2.28. The van der Waals surface area contributed by atoms with Crippen LogP contribution in [-0.4, -0.2) is 29.1 Å². The normalized spacial score (nSPS) is 12.0. The van der Waals surface area contributed by atoms with Gasteiger partial charge in [-0.1, -0.05) is 279 Å². The van der Waals surface area contributed by atoms with E-state index in [4.69, 9.17) is 19.9 Å².